The van der Waals surface area contributed by atoms with E-state index in [1.807, 2.05) is 24.3 Å². The van der Waals surface area contributed by atoms with Crippen molar-refractivity contribution in [2.75, 3.05) is 5.32 Å². The van der Waals surface area contributed by atoms with Gasteiger partial charge in [-0.3, -0.25) is 4.98 Å². The Morgan fingerprint density at radius 2 is 2.13 bits per heavy atom. The second-order valence-electron chi connectivity index (χ2n) is 2.90. The summed E-state index contributed by atoms with van der Waals surface area (Å²) in [6.07, 6.45) is 3.28. The average molecular weight is 265 g/mol. The number of halogens is 1. The number of anilines is 1. The molecule has 1 N–H and O–H groups in total. The van der Waals surface area contributed by atoms with Gasteiger partial charge in [-0.25, -0.2) is 9.97 Å². The first kappa shape index (κ1) is 10.0. The van der Waals surface area contributed by atoms with Gasteiger partial charge in [0.2, 0.25) is 0 Å². The zero-order chi connectivity index (χ0) is 10.5. The van der Waals surface area contributed by atoms with Gasteiger partial charge in [0.1, 0.15) is 16.7 Å². The summed E-state index contributed by atoms with van der Waals surface area (Å²) in [5.74, 6) is 0.780. The summed E-state index contributed by atoms with van der Waals surface area (Å²) >= 11 is 3.28. The Labute approximate surface area is 95.9 Å². The lowest BCUT2D eigenvalue weighted by molar-refractivity contribution is 1.02. The third kappa shape index (κ3) is 2.99. The summed E-state index contributed by atoms with van der Waals surface area (Å²) in [6.45, 7) is 0.657. The Morgan fingerprint density at radius 3 is 2.87 bits per heavy atom. The van der Waals surface area contributed by atoms with Crippen LogP contribution in [0.1, 0.15) is 5.69 Å². The van der Waals surface area contributed by atoms with Gasteiger partial charge in [-0.05, 0) is 28.1 Å². The number of rotatable bonds is 3. The van der Waals surface area contributed by atoms with Crippen LogP contribution in [0.15, 0.2) is 41.4 Å². The third-order valence-electron chi connectivity index (χ3n) is 1.81. The van der Waals surface area contributed by atoms with Crippen LogP contribution < -0.4 is 5.32 Å². The minimum atomic E-state index is 0.657. The molecule has 0 aliphatic carbocycles. The quantitative estimate of drug-likeness (QED) is 0.865. The fourth-order valence-electron chi connectivity index (χ4n) is 1.11. The van der Waals surface area contributed by atoms with E-state index in [1.54, 1.807) is 6.20 Å². The summed E-state index contributed by atoms with van der Waals surface area (Å²) in [5.41, 5.74) is 0.979. The van der Waals surface area contributed by atoms with Crippen molar-refractivity contribution < 1.29 is 0 Å². The molecule has 0 spiro atoms. The summed E-state index contributed by atoms with van der Waals surface area (Å²) in [4.78, 5) is 12.2. The molecular weight excluding hydrogens is 256 g/mol. The van der Waals surface area contributed by atoms with Crippen LogP contribution in [0, 0.1) is 0 Å². The summed E-state index contributed by atoms with van der Waals surface area (Å²) < 4.78 is 0.765. The molecule has 2 rings (SSSR count). The molecule has 76 valence electrons. The van der Waals surface area contributed by atoms with Crippen molar-refractivity contribution in [3.8, 4) is 0 Å². The standard InChI is InChI=1S/C10H9BrN4/c11-9-5-10(15-7-14-9)13-6-8-3-1-2-4-12-8/h1-5,7H,6H2,(H,13,14,15). The molecule has 0 amide bonds. The smallest absolute Gasteiger partial charge is 0.130 e. The predicted molar refractivity (Wildman–Crippen MR) is 61.3 cm³/mol. The Hall–Kier alpha value is -1.49. The van der Waals surface area contributed by atoms with Gasteiger partial charge in [0, 0.05) is 12.3 Å². The second kappa shape index (κ2) is 4.84. The van der Waals surface area contributed by atoms with Crippen molar-refractivity contribution in [3.05, 3.63) is 47.1 Å². The number of hydrogen-bond acceptors (Lipinski definition) is 4. The van der Waals surface area contributed by atoms with Crippen LogP contribution in [0.25, 0.3) is 0 Å². The average Bonchev–Trinajstić information content (AvgIpc) is 2.28. The highest BCUT2D eigenvalue weighted by Crippen LogP contribution is 2.10. The lowest BCUT2D eigenvalue weighted by Gasteiger charge is -2.04. The molecule has 0 atom stereocenters. The Bertz CT molecular complexity index is 432. The fraction of sp³-hybridized carbons (Fsp3) is 0.100. The zero-order valence-electron chi connectivity index (χ0n) is 7.89. The van der Waals surface area contributed by atoms with Crippen LogP contribution in [0.3, 0.4) is 0 Å². The molecule has 0 aromatic carbocycles. The van der Waals surface area contributed by atoms with Crippen LogP contribution in [0.4, 0.5) is 5.82 Å². The molecule has 0 saturated carbocycles. The Morgan fingerprint density at radius 1 is 1.20 bits per heavy atom. The number of nitrogens with zero attached hydrogens (tertiary/aromatic N) is 3. The van der Waals surface area contributed by atoms with Gasteiger partial charge in [-0.1, -0.05) is 6.07 Å². The van der Waals surface area contributed by atoms with E-state index < -0.39 is 0 Å². The molecule has 2 heterocycles. The minimum Gasteiger partial charge on any atom is -0.364 e. The molecule has 2 aromatic rings. The molecule has 0 radical (unpaired) electrons. The molecule has 15 heavy (non-hydrogen) atoms. The highest BCUT2D eigenvalue weighted by Gasteiger charge is 1.96. The van der Waals surface area contributed by atoms with Crippen molar-refractivity contribution in [3.63, 3.8) is 0 Å². The molecule has 0 unspecified atom stereocenters. The van der Waals surface area contributed by atoms with Crippen molar-refractivity contribution in [2.24, 2.45) is 0 Å². The lowest BCUT2D eigenvalue weighted by atomic mass is 10.3. The normalized spacial score (nSPS) is 9.93. The number of pyridine rings is 1. The SMILES string of the molecule is Brc1cc(NCc2ccccn2)ncn1. The largest absolute Gasteiger partial charge is 0.364 e. The van der Waals surface area contributed by atoms with Crippen molar-refractivity contribution in [2.45, 2.75) is 6.54 Å². The van der Waals surface area contributed by atoms with Gasteiger partial charge in [0.15, 0.2) is 0 Å². The van der Waals surface area contributed by atoms with Gasteiger partial charge in [-0.15, -0.1) is 0 Å². The van der Waals surface area contributed by atoms with Gasteiger partial charge in [-0.2, -0.15) is 0 Å². The van der Waals surface area contributed by atoms with Crippen LogP contribution in [0.2, 0.25) is 0 Å². The van der Waals surface area contributed by atoms with Crippen LogP contribution in [-0.4, -0.2) is 15.0 Å². The summed E-state index contributed by atoms with van der Waals surface area (Å²) in [5, 5.41) is 3.16. The zero-order valence-corrected chi connectivity index (χ0v) is 9.48. The van der Waals surface area contributed by atoms with E-state index in [4.69, 9.17) is 0 Å². The maximum absolute atomic E-state index is 4.20. The number of nitrogens with one attached hydrogen (secondary N) is 1. The Kier molecular flexibility index (Phi) is 3.24. The highest BCUT2D eigenvalue weighted by molar-refractivity contribution is 9.10. The maximum atomic E-state index is 4.20. The second-order valence-corrected chi connectivity index (χ2v) is 3.71. The lowest BCUT2D eigenvalue weighted by Crippen LogP contribution is -2.02. The molecular formula is C10H9BrN4. The van der Waals surface area contributed by atoms with E-state index in [0.717, 1.165) is 16.1 Å². The molecule has 5 heteroatoms. The topological polar surface area (TPSA) is 50.7 Å². The van der Waals surface area contributed by atoms with Gasteiger partial charge >= 0.3 is 0 Å². The molecule has 2 aromatic heterocycles. The fourth-order valence-corrected chi connectivity index (χ4v) is 1.42. The first-order valence-corrected chi connectivity index (χ1v) is 5.25. The molecule has 4 nitrogen and oxygen atoms in total. The van der Waals surface area contributed by atoms with E-state index in [1.165, 1.54) is 6.33 Å². The van der Waals surface area contributed by atoms with E-state index in [9.17, 15) is 0 Å². The molecule has 0 bridgehead atoms. The van der Waals surface area contributed by atoms with Gasteiger partial charge in [0.25, 0.3) is 0 Å². The number of aromatic nitrogens is 3. The Balaban J connectivity index is 1.99. The molecule has 0 aliphatic heterocycles. The third-order valence-corrected chi connectivity index (χ3v) is 2.24. The van der Waals surface area contributed by atoms with E-state index in [-0.39, 0.29) is 0 Å². The van der Waals surface area contributed by atoms with Gasteiger partial charge < -0.3 is 5.32 Å². The van der Waals surface area contributed by atoms with E-state index in [2.05, 4.69) is 36.2 Å². The molecule has 0 aliphatic rings. The molecule has 0 saturated heterocycles. The van der Waals surface area contributed by atoms with Crippen LogP contribution >= 0.6 is 15.9 Å². The monoisotopic (exact) mass is 264 g/mol. The first-order chi connectivity index (χ1) is 7.34. The molecule has 0 fully saturated rings. The number of hydrogen-bond donors (Lipinski definition) is 1. The van der Waals surface area contributed by atoms with Gasteiger partial charge in [0.05, 0.1) is 12.2 Å². The summed E-state index contributed by atoms with van der Waals surface area (Å²) in [7, 11) is 0. The highest BCUT2D eigenvalue weighted by atomic mass is 79.9. The van der Waals surface area contributed by atoms with Crippen molar-refractivity contribution in [1.82, 2.24) is 15.0 Å². The predicted octanol–water partition coefficient (Wildman–Crippen LogP) is 2.25. The van der Waals surface area contributed by atoms with E-state index in [0.29, 0.717) is 6.54 Å². The first-order valence-electron chi connectivity index (χ1n) is 4.46. The van der Waals surface area contributed by atoms with Crippen molar-refractivity contribution in [1.29, 1.82) is 0 Å². The summed E-state index contributed by atoms with van der Waals surface area (Å²) in [6, 6.07) is 7.64. The van der Waals surface area contributed by atoms with Crippen molar-refractivity contribution >= 4 is 21.7 Å². The van der Waals surface area contributed by atoms with Crippen LogP contribution in [-0.2, 0) is 6.54 Å². The maximum Gasteiger partial charge on any atom is 0.130 e. The van der Waals surface area contributed by atoms with E-state index >= 15 is 0 Å². The minimum absolute atomic E-state index is 0.657. The van der Waals surface area contributed by atoms with Crippen LogP contribution in [0.5, 0.6) is 0 Å².